The van der Waals surface area contributed by atoms with Gasteiger partial charge in [-0.15, -0.1) is 0 Å². The van der Waals surface area contributed by atoms with E-state index in [1.54, 1.807) is 12.1 Å². The molecule has 0 spiro atoms. The SMILES string of the molecule is Nc1ccc(C(=O)N[C@H]2c3ccccc3C[C@H]2O)c(Cl)c1. The van der Waals surface area contributed by atoms with E-state index in [0.717, 1.165) is 11.1 Å². The van der Waals surface area contributed by atoms with Gasteiger partial charge in [-0.2, -0.15) is 0 Å². The number of nitrogens with two attached hydrogens (primary N) is 1. The number of hydrogen-bond donors (Lipinski definition) is 3. The van der Waals surface area contributed by atoms with Gasteiger partial charge >= 0.3 is 0 Å². The molecule has 4 nitrogen and oxygen atoms in total. The minimum absolute atomic E-state index is 0.299. The fourth-order valence-corrected chi connectivity index (χ4v) is 2.96. The van der Waals surface area contributed by atoms with E-state index in [4.69, 9.17) is 17.3 Å². The second-order valence-electron chi connectivity index (χ2n) is 5.16. The van der Waals surface area contributed by atoms with Crippen LogP contribution in [0.5, 0.6) is 0 Å². The lowest BCUT2D eigenvalue weighted by molar-refractivity contribution is 0.0858. The van der Waals surface area contributed by atoms with Crippen molar-refractivity contribution in [3.8, 4) is 0 Å². The van der Waals surface area contributed by atoms with Crippen LogP contribution in [0.15, 0.2) is 42.5 Å². The smallest absolute Gasteiger partial charge is 0.253 e. The quantitative estimate of drug-likeness (QED) is 0.745. The van der Waals surface area contributed by atoms with Crippen LogP contribution in [-0.2, 0) is 6.42 Å². The summed E-state index contributed by atoms with van der Waals surface area (Å²) in [5.74, 6) is -0.319. The van der Waals surface area contributed by atoms with E-state index >= 15 is 0 Å². The van der Waals surface area contributed by atoms with Gasteiger partial charge in [0, 0.05) is 12.1 Å². The Morgan fingerprint density at radius 3 is 2.81 bits per heavy atom. The molecular formula is C16H15ClN2O2. The molecule has 2 aromatic rings. The highest BCUT2D eigenvalue weighted by Crippen LogP contribution is 2.31. The molecule has 4 N–H and O–H groups in total. The number of nitrogen functional groups attached to an aromatic ring is 1. The van der Waals surface area contributed by atoms with E-state index in [1.165, 1.54) is 6.07 Å². The van der Waals surface area contributed by atoms with Crippen molar-refractivity contribution in [3.63, 3.8) is 0 Å². The molecule has 1 amide bonds. The van der Waals surface area contributed by atoms with Crippen LogP contribution in [0.3, 0.4) is 0 Å². The summed E-state index contributed by atoms with van der Waals surface area (Å²) >= 11 is 6.04. The number of benzene rings is 2. The molecule has 2 aromatic carbocycles. The Morgan fingerprint density at radius 2 is 2.05 bits per heavy atom. The third kappa shape index (κ3) is 2.60. The number of anilines is 1. The number of fused-ring (bicyclic) bond motifs is 1. The second kappa shape index (κ2) is 5.39. The molecule has 21 heavy (non-hydrogen) atoms. The van der Waals surface area contributed by atoms with E-state index in [-0.39, 0.29) is 5.91 Å². The topological polar surface area (TPSA) is 75.4 Å². The monoisotopic (exact) mass is 302 g/mol. The van der Waals surface area contributed by atoms with Gasteiger partial charge in [0.05, 0.1) is 22.7 Å². The van der Waals surface area contributed by atoms with Crippen molar-refractivity contribution in [2.75, 3.05) is 5.73 Å². The number of halogens is 1. The number of aliphatic hydroxyl groups excluding tert-OH is 1. The van der Waals surface area contributed by atoms with Crippen LogP contribution < -0.4 is 11.1 Å². The predicted octanol–water partition coefficient (Wildman–Crippen LogP) is 2.31. The lowest BCUT2D eigenvalue weighted by Gasteiger charge is -2.18. The van der Waals surface area contributed by atoms with Crippen molar-refractivity contribution in [1.82, 2.24) is 5.32 Å². The van der Waals surface area contributed by atoms with Gasteiger partial charge in [0.15, 0.2) is 0 Å². The number of carbonyl (C=O) groups is 1. The minimum Gasteiger partial charge on any atom is -0.399 e. The van der Waals surface area contributed by atoms with Crippen molar-refractivity contribution in [2.24, 2.45) is 0 Å². The van der Waals surface area contributed by atoms with Crippen LogP contribution in [0.1, 0.15) is 27.5 Å². The normalized spacial score (nSPS) is 20.1. The van der Waals surface area contributed by atoms with Gasteiger partial charge in [0.2, 0.25) is 0 Å². The average Bonchev–Trinajstić information content (AvgIpc) is 2.75. The maximum absolute atomic E-state index is 12.3. The van der Waals surface area contributed by atoms with Gasteiger partial charge < -0.3 is 16.2 Å². The van der Waals surface area contributed by atoms with Crippen molar-refractivity contribution >= 4 is 23.2 Å². The van der Waals surface area contributed by atoms with Crippen LogP contribution in [0.25, 0.3) is 0 Å². The zero-order valence-electron chi connectivity index (χ0n) is 11.2. The maximum Gasteiger partial charge on any atom is 0.253 e. The van der Waals surface area contributed by atoms with Gasteiger partial charge in [-0.25, -0.2) is 0 Å². The molecule has 0 saturated carbocycles. The van der Waals surface area contributed by atoms with Crippen molar-refractivity contribution < 1.29 is 9.90 Å². The fraction of sp³-hybridized carbons (Fsp3) is 0.188. The highest BCUT2D eigenvalue weighted by Gasteiger charge is 2.32. The molecule has 1 aliphatic rings. The zero-order chi connectivity index (χ0) is 15.0. The molecule has 3 rings (SSSR count). The number of rotatable bonds is 2. The van der Waals surface area contributed by atoms with Crippen LogP contribution >= 0.6 is 11.6 Å². The summed E-state index contributed by atoms with van der Waals surface area (Å²) in [7, 11) is 0. The van der Waals surface area contributed by atoms with Crippen molar-refractivity contribution in [2.45, 2.75) is 18.6 Å². The van der Waals surface area contributed by atoms with Crippen molar-refractivity contribution in [3.05, 3.63) is 64.2 Å². The molecule has 0 radical (unpaired) electrons. The predicted molar refractivity (Wildman–Crippen MR) is 82.2 cm³/mol. The summed E-state index contributed by atoms with van der Waals surface area (Å²) < 4.78 is 0. The van der Waals surface area contributed by atoms with Crippen molar-refractivity contribution in [1.29, 1.82) is 0 Å². The first-order valence-corrected chi connectivity index (χ1v) is 7.06. The molecule has 0 heterocycles. The van der Waals surface area contributed by atoms with Gasteiger partial charge in [-0.05, 0) is 29.3 Å². The van der Waals surface area contributed by atoms with Crippen LogP contribution in [0.4, 0.5) is 5.69 Å². The Kier molecular flexibility index (Phi) is 3.57. The third-order valence-electron chi connectivity index (χ3n) is 3.73. The molecule has 5 heteroatoms. The third-order valence-corrected chi connectivity index (χ3v) is 4.04. The largest absolute Gasteiger partial charge is 0.399 e. The Labute approximate surface area is 127 Å². The summed E-state index contributed by atoms with van der Waals surface area (Å²) in [5.41, 5.74) is 8.48. The average molecular weight is 303 g/mol. The Morgan fingerprint density at radius 1 is 1.29 bits per heavy atom. The van der Waals surface area contributed by atoms with Gasteiger partial charge in [-0.3, -0.25) is 4.79 Å². The molecule has 0 aliphatic heterocycles. The van der Waals surface area contributed by atoms with E-state index in [9.17, 15) is 9.90 Å². The van der Waals surface area contributed by atoms with E-state index in [1.807, 2.05) is 24.3 Å². The summed E-state index contributed by atoms with van der Waals surface area (Å²) in [5, 5.41) is 13.3. The fourth-order valence-electron chi connectivity index (χ4n) is 2.68. The van der Waals surface area contributed by atoms with E-state index < -0.39 is 12.1 Å². The molecule has 0 aromatic heterocycles. The summed E-state index contributed by atoms with van der Waals surface area (Å²) in [4.78, 5) is 12.3. The molecule has 0 bridgehead atoms. The number of amides is 1. The Hall–Kier alpha value is -2.04. The number of hydrogen-bond acceptors (Lipinski definition) is 3. The second-order valence-corrected chi connectivity index (χ2v) is 5.57. The molecule has 0 fully saturated rings. The Balaban J connectivity index is 1.85. The maximum atomic E-state index is 12.3. The number of carbonyl (C=O) groups excluding carboxylic acids is 1. The first-order valence-electron chi connectivity index (χ1n) is 6.68. The summed E-state index contributed by atoms with van der Waals surface area (Å²) in [6.07, 6.45) is -0.0877. The van der Waals surface area contributed by atoms with Gasteiger partial charge in [0.25, 0.3) is 5.91 Å². The first kappa shape index (κ1) is 13.9. The highest BCUT2D eigenvalue weighted by molar-refractivity contribution is 6.34. The standard InChI is InChI=1S/C16H15ClN2O2/c17-13-8-10(18)5-6-12(13)16(21)19-15-11-4-2-1-3-9(11)7-14(15)20/h1-6,8,14-15,20H,7,18H2,(H,19,21)/t14-,15+/m1/s1. The van der Waals surface area contributed by atoms with E-state index in [0.29, 0.717) is 22.7 Å². The lowest BCUT2D eigenvalue weighted by atomic mass is 10.1. The number of aliphatic hydroxyl groups is 1. The lowest BCUT2D eigenvalue weighted by Crippen LogP contribution is -2.34. The summed E-state index contributed by atoms with van der Waals surface area (Å²) in [6.45, 7) is 0. The van der Waals surface area contributed by atoms with Crippen LogP contribution in [0.2, 0.25) is 5.02 Å². The molecular weight excluding hydrogens is 288 g/mol. The van der Waals surface area contributed by atoms with E-state index in [2.05, 4.69) is 5.32 Å². The zero-order valence-corrected chi connectivity index (χ0v) is 12.0. The molecule has 0 unspecified atom stereocenters. The minimum atomic E-state index is -0.626. The molecule has 1 aliphatic carbocycles. The van der Waals surface area contributed by atoms with Crippen LogP contribution in [-0.4, -0.2) is 17.1 Å². The molecule has 108 valence electrons. The van der Waals surface area contributed by atoms with Gasteiger partial charge in [0.1, 0.15) is 0 Å². The molecule has 2 atom stereocenters. The highest BCUT2D eigenvalue weighted by atomic mass is 35.5. The Bertz CT molecular complexity index is 702. The molecule has 0 saturated heterocycles. The first-order chi connectivity index (χ1) is 10.1. The number of nitrogens with one attached hydrogen (secondary N) is 1. The van der Waals surface area contributed by atoms with Crippen LogP contribution in [0, 0.1) is 0 Å². The summed E-state index contributed by atoms with van der Waals surface area (Å²) in [6, 6.07) is 12.0. The van der Waals surface area contributed by atoms with Gasteiger partial charge in [-0.1, -0.05) is 35.9 Å².